The highest BCUT2D eigenvalue weighted by Gasteiger charge is 2.50. The lowest BCUT2D eigenvalue weighted by atomic mass is 9.87. The number of phosphoric ester groups is 1. The number of esters is 1. The molecule has 0 bridgehead atoms. The molecule has 3 unspecified atom stereocenters. The normalized spacial score (nSPS) is 32.4. The Bertz CT molecular complexity index is 651. The van der Waals surface area contributed by atoms with Crippen LogP contribution in [0.4, 0.5) is 13.2 Å². The molecular weight excluding hydrogens is 420 g/mol. The van der Waals surface area contributed by atoms with Crippen molar-refractivity contribution in [3.8, 4) is 0 Å². The van der Waals surface area contributed by atoms with Crippen molar-refractivity contribution in [3.05, 3.63) is 0 Å². The molecule has 0 aliphatic carbocycles. The smallest absolute Gasteiger partial charge is 0.469 e. The number of carbonyl (C=O) groups is 2. The summed E-state index contributed by atoms with van der Waals surface area (Å²) in [5, 5.41) is 4.81. The highest BCUT2D eigenvalue weighted by atomic mass is 31.2. The zero-order valence-electron chi connectivity index (χ0n) is 16.4. The molecule has 0 aromatic rings. The molecule has 1 amide bonds. The summed E-state index contributed by atoms with van der Waals surface area (Å²) in [6, 6.07) is -1.65. The number of methoxy groups -OCH3 is 1. The largest absolute Gasteiger partial charge is 0.475 e. The fraction of sp³-hybridized carbons (Fsp3) is 0.875. The first kappa shape index (κ1) is 24.1. The lowest BCUT2D eigenvalue weighted by Gasteiger charge is -2.41. The molecule has 9 nitrogen and oxygen atoms in total. The van der Waals surface area contributed by atoms with Crippen LogP contribution in [-0.2, 0) is 32.5 Å². The Morgan fingerprint density at radius 2 is 2.00 bits per heavy atom. The zero-order valence-corrected chi connectivity index (χ0v) is 17.3. The van der Waals surface area contributed by atoms with Crippen LogP contribution in [0, 0.1) is 5.41 Å². The predicted octanol–water partition coefficient (Wildman–Crippen LogP) is 1.91. The number of carbonyl (C=O) groups excluding carboxylic acids is 2. The van der Waals surface area contributed by atoms with Crippen molar-refractivity contribution < 1.29 is 45.6 Å². The first-order valence-corrected chi connectivity index (χ1v) is 10.6. The summed E-state index contributed by atoms with van der Waals surface area (Å²) in [7, 11) is -2.94. The lowest BCUT2D eigenvalue weighted by Crippen LogP contribution is -2.51. The number of hydrogen-bond donors (Lipinski definition) is 2. The number of nitrogens with one attached hydrogen (secondary N) is 2. The van der Waals surface area contributed by atoms with Crippen LogP contribution in [0.25, 0.3) is 0 Å². The highest BCUT2D eigenvalue weighted by molar-refractivity contribution is 7.48. The molecule has 0 aromatic heterocycles. The highest BCUT2D eigenvalue weighted by Crippen LogP contribution is 2.58. The van der Waals surface area contributed by atoms with Crippen LogP contribution in [0.5, 0.6) is 0 Å². The molecule has 13 heteroatoms. The van der Waals surface area contributed by atoms with Crippen molar-refractivity contribution >= 4 is 19.7 Å². The van der Waals surface area contributed by atoms with E-state index in [1.54, 1.807) is 13.8 Å². The fourth-order valence-corrected chi connectivity index (χ4v) is 4.79. The topological polar surface area (TPSA) is 112 Å². The first-order valence-electron chi connectivity index (χ1n) is 9.12. The third-order valence-corrected chi connectivity index (χ3v) is 6.15. The minimum Gasteiger partial charge on any atom is -0.469 e. The van der Waals surface area contributed by atoms with Gasteiger partial charge in [-0.1, -0.05) is 13.8 Å². The second-order valence-electron chi connectivity index (χ2n) is 7.62. The molecule has 2 saturated heterocycles. The van der Waals surface area contributed by atoms with Gasteiger partial charge in [-0.25, -0.2) is 4.57 Å². The molecule has 168 valence electrons. The maximum absolute atomic E-state index is 12.8. The Labute approximate surface area is 166 Å². The van der Waals surface area contributed by atoms with Crippen LogP contribution in [0.1, 0.15) is 33.1 Å². The van der Waals surface area contributed by atoms with Crippen LogP contribution in [0.3, 0.4) is 0 Å². The third-order valence-electron chi connectivity index (χ3n) is 4.68. The number of piperidine rings is 1. The van der Waals surface area contributed by atoms with Gasteiger partial charge in [0, 0.05) is 18.5 Å². The van der Waals surface area contributed by atoms with Gasteiger partial charge < -0.3 is 15.4 Å². The first-order chi connectivity index (χ1) is 13.4. The van der Waals surface area contributed by atoms with E-state index in [1.807, 2.05) is 0 Å². The monoisotopic (exact) mass is 446 g/mol. The number of amides is 1. The second kappa shape index (κ2) is 9.30. The van der Waals surface area contributed by atoms with E-state index >= 15 is 0 Å². The molecule has 4 atom stereocenters. The van der Waals surface area contributed by atoms with E-state index in [0.29, 0.717) is 0 Å². The molecule has 2 aliphatic heterocycles. The van der Waals surface area contributed by atoms with Crippen LogP contribution in [0.15, 0.2) is 0 Å². The van der Waals surface area contributed by atoms with Gasteiger partial charge in [-0.05, 0) is 12.8 Å². The molecule has 0 spiro atoms. The zero-order chi connectivity index (χ0) is 21.9. The Kier molecular flexibility index (Phi) is 7.72. The number of rotatable bonds is 6. The van der Waals surface area contributed by atoms with Gasteiger partial charge in [0.1, 0.15) is 6.04 Å². The predicted molar refractivity (Wildman–Crippen MR) is 93.8 cm³/mol. The summed E-state index contributed by atoms with van der Waals surface area (Å²) in [5.74, 6) is -1.11. The minimum absolute atomic E-state index is 0.00115. The van der Waals surface area contributed by atoms with Crippen molar-refractivity contribution in [2.75, 3.05) is 26.8 Å². The molecule has 0 radical (unpaired) electrons. The number of phosphoric acid groups is 1. The second-order valence-corrected chi connectivity index (χ2v) is 9.19. The van der Waals surface area contributed by atoms with Gasteiger partial charge in [-0.3, -0.25) is 23.2 Å². The van der Waals surface area contributed by atoms with Crippen molar-refractivity contribution in [2.45, 2.75) is 57.5 Å². The van der Waals surface area contributed by atoms with Crippen LogP contribution in [0.2, 0.25) is 0 Å². The van der Waals surface area contributed by atoms with E-state index < -0.39 is 49.5 Å². The maximum Gasteiger partial charge on any atom is 0.475 e. The molecule has 2 heterocycles. The third kappa shape index (κ3) is 6.65. The Morgan fingerprint density at radius 1 is 1.31 bits per heavy atom. The van der Waals surface area contributed by atoms with Crippen molar-refractivity contribution in [3.63, 3.8) is 0 Å². The SMILES string of the molecule is COC(=O)CCNC(=O)[C@@H]1OP(=O)(OC2CCC(C(F)(F)F)NC2)OCC1(C)C. The van der Waals surface area contributed by atoms with Gasteiger partial charge in [0.25, 0.3) is 0 Å². The molecule has 0 saturated carbocycles. The Hall–Kier alpha value is -1.20. The average Bonchev–Trinajstić information content (AvgIpc) is 2.63. The van der Waals surface area contributed by atoms with Crippen molar-refractivity contribution in [2.24, 2.45) is 5.41 Å². The molecule has 0 aromatic carbocycles. The molecule has 2 aliphatic rings. The maximum atomic E-state index is 12.8. The Balaban J connectivity index is 1.94. The van der Waals surface area contributed by atoms with Crippen molar-refractivity contribution in [1.82, 2.24) is 10.6 Å². The van der Waals surface area contributed by atoms with E-state index in [2.05, 4.69) is 15.4 Å². The fourth-order valence-electron chi connectivity index (χ4n) is 2.95. The summed E-state index contributed by atoms with van der Waals surface area (Å²) in [6.45, 7) is 3.03. The molecule has 2 rings (SSSR count). The van der Waals surface area contributed by atoms with E-state index in [9.17, 15) is 27.3 Å². The van der Waals surface area contributed by atoms with Crippen LogP contribution in [-0.4, -0.2) is 63.1 Å². The number of alkyl halides is 3. The van der Waals surface area contributed by atoms with Gasteiger partial charge in [-0.15, -0.1) is 0 Å². The molecule has 2 fully saturated rings. The summed E-state index contributed by atoms with van der Waals surface area (Å²) in [4.78, 5) is 23.6. The van der Waals surface area contributed by atoms with Gasteiger partial charge >= 0.3 is 20.0 Å². The van der Waals surface area contributed by atoms with E-state index in [-0.39, 0.29) is 39.0 Å². The van der Waals surface area contributed by atoms with E-state index in [0.717, 1.165) is 0 Å². The van der Waals surface area contributed by atoms with E-state index in [4.69, 9.17) is 13.6 Å². The van der Waals surface area contributed by atoms with Gasteiger partial charge in [0.05, 0.1) is 26.2 Å². The van der Waals surface area contributed by atoms with Gasteiger partial charge in [-0.2, -0.15) is 13.2 Å². The number of ether oxygens (including phenoxy) is 1. The van der Waals surface area contributed by atoms with Crippen LogP contribution < -0.4 is 10.6 Å². The van der Waals surface area contributed by atoms with Gasteiger partial charge in [0.15, 0.2) is 6.10 Å². The quantitative estimate of drug-likeness (QED) is 0.470. The summed E-state index contributed by atoms with van der Waals surface area (Å²) < 4.78 is 71.4. The van der Waals surface area contributed by atoms with Crippen molar-refractivity contribution in [1.29, 1.82) is 0 Å². The number of hydrogen-bond acceptors (Lipinski definition) is 8. The Morgan fingerprint density at radius 3 is 2.55 bits per heavy atom. The summed E-state index contributed by atoms with van der Waals surface area (Å²) in [5.41, 5.74) is -0.848. The summed E-state index contributed by atoms with van der Waals surface area (Å²) in [6.07, 6.45) is -6.66. The molecular formula is C16H26F3N2O7P. The average molecular weight is 446 g/mol. The van der Waals surface area contributed by atoms with Crippen LogP contribution >= 0.6 is 7.82 Å². The lowest BCUT2D eigenvalue weighted by molar-refractivity contribution is -0.164. The minimum atomic E-state index is -4.37. The standard InChI is InChI=1S/C16H26F3N2O7P/c1-15(2)9-26-29(24,27-10-4-5-11(21-8-10)16(17,18)19)28-13(15)14(23)20-7-6-12(22)25-3/h10-11,13,21H,4-9H2,1-3H3,(H,20,23)/t10?,11?,13-,29?/m0/s1. The van der Waals surface area contributed by atoms with Gasteiger partial charge in [0.2, 0.25) is 5.91 Å². The number of halogens is 3. The van der Waals surface area contributed by atoms with E-state index in [1.165, 1.54) is 7.11 Å². The summed E-state index contributed by atoms with van der Waals surface area (Å²) >= 11 is 0. The molecule has 29 heavy (non-hydrogen) atoms. The molecule has 2 N–H and O–H groups in total.